The molecule has 1 fully saturated rings. The SMILES string of the molecule is O=C(c1ccc2c(c1)OCO2)N1C[C@H]2[C@@H](c3ccccc31)[C@H](CO)N2Cc1ccccc1Cl. The number of aliphatic hydroxyl groups is 1. The number of anilines is 1. The van der Waals surface area contributed by atoms with Crippen LogP contribution in [0.2, 0.25) is 5.02 Å². The topological polar surface area (TPSA) is 62.2 Å². The largest absolute Gasteiger partial charge is 0.454 e. The highest BCUT2D eigenvalue weighted by Crippen LogP contribution is 2.49. The Balaban J connectivity index is 1.35. The Bertz CT molecular complexity index is 1230. The fraction of sp³-hybridized carbons (Fsp3) is 0.269. The van der Waals surface area contributed by atoms with E-state index in [0.717, 1.165) is 16.8 Å². The summed E-state index contributed by atoms with van der Waals surface area (Å²) in [6, 6.07) is 21.2. The van der Waals surface area contributed by atoms with Crippen LogP contribution in [0.25, 0.3) is 0 Å². The normalized spacial score (nSPS) is 23.0. The molecule has 1 saturated heterocycles. The third-order valence-corrected chi connectivity index (χ3v) is 7.37. The van der Waals surface area contributed by atoms with Crippen LogP contribution in [0.3, 0.4) is 0 Å². The van der Waals surface area contributed by atoms with Crippen molar-refractivity contribution in [3.8, 4) is 11.5 Å². The third kappa shape index (κ3) is 3.29. The fourth-order valence-corrected chi connectivity index (χ4v) is 5.60. The number of benzene rings is 3. The van der Waals surface area contributed by atoms with E-state index in [4.69, 9.17) is 21.1 Å². The first-order valence-corrected chi connectivity index (χ1v) is 11.4. The van der Waals surface area contributed by atoms with E-state index in [1.807, 2.05) is 47.4 Å². The van der Waals surface area contributed by atoms with Crippen molar-refractivity contribution in [2.75, 3.05) is 24.8 Å². The molecule has 3 aromatic carbocycles. The number of hydrogen-bond donors (Lipinski definition) is 1. The molecule has 3 atom stereocenters. The van der Waals surface area contributed by atoms with E-state index in [9.17, 15) is 9.90 Å². The minimum atomic E-state index is -0.0793. The molecule has 3 heterocycles. The Morgan fingerprint density at radius 2 is 1.82 bits per heavy atom. The lowest BCUT2D eigenvalue weighted by atomic mass is 9.71. The number of halogens is 1. The molecule has 1 amide bonds. The lowest BCUT2D eigenvalue weighted by Gasteiger charge is -2.59. The smallest absolute Gasteiger partial charge is 0.258 e. The Morgan fingerprint density at radius 3 is 2.67 bits per heavy atom. The number of ether oxygens (including phenoxy) is 2. The standard InChI is InChI=1S/C26H23ClN2O4/c27-19-7-3-1-5-17(19)12-28-21-13-29(20-8-4-2-6-18(20)25(21)22(28)14-30)26(31)16-9-10-23-24(11-16)33-15-32-23/h1-11,21-22,25,30H,12-15H2/t21-,22-,25+/m0/s1. The monoisotopic (exact) mass is 462 g/mol. The maximum absolute atomic E-state index is 13.6. The number of likely N-dealkylation sites (tertiary alicyclic amines) is 1. The zero-order valence-electron chi connectivity index (χ0n) is 17.9. The molecule has 33 heavy (non-hydrogen) atoms. The summed E-state index contributed by atoms with van der Waals surface area (Å²) in [5.74, 6) is 1.33. The van der Waals surface area contributed by atoms with E-state index in [0.29, 0.717) is 35.2 Å². The first-order valence-electron chi connectivity index (χ1n) is 11.1. The summed E-state index contributed by atoms with van der Waals surface area (Å²) in [5, 5.41) is 10.9. The molecule has 6 nitrogen and oxygen atoms in total. The van der Waals surface area contributed by atoms with Crippen molar-refractivity contribution < 1.29 is 19.4 Å². The number of amides is 1. The molecule has 3 aromatic rings. The lowest BCUT2D eigenvalue weighted by molar-refractivity contribution is -0.0488. The highest BCUT2D eigenvalue weighted by atomic mass is 35.5. The van der Waals surface area contributed by atoms with Gasteiger partial charge in [0.15, 0.2) is 11.5 Å². The zero-order valence-corrected chi connectivity index (χ0v) is 18.6. The van der Waals surface area contributed by atoms with Gasteiger partial charge in [-0.05, 0) is 41.5 Å². The number of nitrogens with zero attached hydrogens (tertiary/aromatic N) is 2. The van der Waals surface area contributed by atoms with Crippen molar-refractivity contribution in [3.63, 3.8) is 0 Å². The Labute approximate surface area is 196 Å². The molecule has 3 aliphatic heterocycles. The molecule has 0 spiro atoms. The summed E-state index contributed by atoms with van der Waals surface area (Å²) in [4.78, 5) is 17.8. The van der Waals surface area contributed by atoms with Gasteiger partial charge in [-0.2, -0.15) is 0 Å². The molecule has 0 aromatic heterocycles. The zero-order chi connectivity index (χ0) is 22.5. The minimum absolute atomic E-state index is 0.0183. The molecule has 0 radical (unpaired) electrons. The van der Waals surface area contributed by atoms with Crippen LogP contribution in [-0.2, 0) is 6.54 Å². The molecule has 0 saturated carbocycles. The Kier molecular flexibility index (Phi) is 5.02. The van der Waals surface area contributed by atoms with Crippen LogP contribution in [0.1, 0.15) is 27.4 Å². The molecule has 0 bridgehead atoms. The highest BCUT2D eigenvalue weighted by Gasteiger charge is 2.53. The van der Waals surface area contributed by atoms with E-state index < -0.39 is 0 Å². The van der Waals surface area contributed by atoms with Crippen LogP contribution in [0.4, 0.5) is 5.69 Å². The van der Waals surface area contributed by atoms with Gasteiger partial charge >= 0.3 is 0 Å². The number of aliphatic hydroxyl groups excluding tert-OH is 1. The van der Waals surface area contributed by atoms with Crippen LogP contribution in [0, 0.1) is 0 Å². The van der Waals surface area contributed by atoms with E-state index in [1.54, 1.807) is 18.2 Å². The number of hydrogen-bond acceptors (Lipinski definition) is 5. The number of carbonyl (C=O) groups is 1. The van der Waals surface area contributed by atoms with Crippen molar-refractivity contribution in [1.29, 1.82) is 0 Å². The van der Waals surface area contributed by atoms with Gasteiger partial charge in [0.05, 0.1) is 6.61 Å². The van der Waals surface area contributed by atoms with E-state index in [2.05, 4.69) is 11.0 Å². The molecule has 6 rings (SSSR count). The van der Waals surface area contributed by atoms with Gasteiger partial charge in [-0.15, -0.1) is 0 Å². The molecule has 3 aliphatic rings. The second-order valence-corrected chi connectivity index (χ2v) is 9.06. The Hall–Kier alpha value is -3.06. The van der Waals surface area contributed by atoms with Gasteiger partial charge < -0.3 is 19.5 Å². The average molecular weight is 463 g/mol. The van der Waals surface area contributed by atoms with Crippen molar-refractivity contribution >= 4 is 23.2 Å². The quantitative estimate of drug-likeness (QED) is 0.633. The van der Waals surface area contributed by atoms with Gasteiger partial charge in [0.2, 0.25) is 6.79 Å². The van der Waals surface area contributed by atoms with Gasteiger partial charge in [-0.25, -0.2) is 0 Å². The molecule has 0 aliphatic carbocycles. The molecular formula is C26H23ClN2O4. The number of rotatable bonds is 4. The van der Waals surface area contributed by atoms with Crippen molar-refractivity contribution in [2.24, 2.45) is 0 Å². The molecule has 1 N–H and O–H groups in total. The summed E-state index contributed by atoms with van der Waals surface area (Å²) in [6.07, 6.45) is 0. The first-order chi connectivity index (χ1) is 16.2. The maximum atomic E-state index is 13.6. The van der Waals surface area contributed by atoms with Gasteiger partial charge in [0.1, 0.15) is 0 Å². The second-order valence-electron chi connectivity index (χ2n) is 8.65. The summed E-state index contributed by atoms with van der Waals surface area (Å²) >= 11 is 6.43. The number of para-hydroxylation sites is 1. The summed E-state index contributed by atoms with van der Waals surface area (Å²) in [7, 11) is 0. The van der Waals surface area contributed by atoms with Gasteiger partial charge in [-0.1, -0.05) is 48.0 Å². The lowest BCUT2D eigenvalue weighted by Crippen LogP contribution is -2.68. The molecule has 7 heteroatoms. The van der Waals surface area contributed by atoms with Crippen molar-refractivity contribution in [3.05, 3.63) is 88.4 Å². The van der Waals surface area contributed by atoms with Crippen LogP contribution in [0.15, 0.2) is 66.7 Å². The van der Waals surface area contributed by atoms with Crippen LogP contribution in [0.5, 0.6) is 11.5 Å². The predicted octanol–water partition coefficient (Wildman–Crippen LogP) is 4.06. The second kappa shape index (κ2) is 8.06. The number of carbonyl (C=O) groups excluding carboxylic acids is 1. The fourth-order valence-electron chi connectivity index (χ4n) is 5.40. The third-order valence-electron chi connectivity index (χ3n) is 7.00. The van der Waals surface area contributed by atoms with E-state index >= 15 is 0 Å². The highest BCUT2D eigenvalue weighted by molar-refractivity contribution is 6.31. The van der Waals surface area contributed by atoms with Gasteiger partial charge in [-0.3, -0.25) is 9.69 Å². The van der Waals surface area contributed by atoms with Crippen LogP contribution < -0.4 is 14.4 Å². The minimum Gasteiger partial charge on any atom is -0.454 e. The summed E-state index contributed by atoms with van der Waals surface area (Å²) < 4.78 is 10.9. The maximum Gasteiger partial charge on any atom is 0.258 e. The van der Waals surface area contributed by atoms with Crippen LogP contribution >= 0.6 is 11.6 Å². The van der Waals surface area contributed by atoms with E-state index in [-0.39, 0.29) is 37.3 Å². The Morgan fingerprint density at radius 1 is 1.03 bits per heavy atom. The first kappa shape index (κ1) is 20.5. The molecule has 168 valence electrons. The molecular weight excluding hydrogens is 440 g/mol. The summed E-state index contributed by atoms with van der Waals surface area (Å²) in [6.45, 7) is 1.38. The predicted molar refractivity (Wildman–Crippen MR) is 125 cm³/mol. The molecule has 0 unspecified atom stereocenters. The van der Waals surface area contributed by atoms with Crippen molar-refractivity contribution in [1.82, 2.24) is 4.90 Å². The van der Waals surface area contributed by atoms with E-state index in [1.165, 1.54) is 0 Å². The van der Waals surface area contributed by atoms with Gasteiger partial charge in [0, 0.05) is 47.4 Å². The number of fused-ring (bicyclic) bond motifs is 4. The van der Waals surface area contributed by atoms with Crippen LogP contribution in [-0.4, -0.2) is 47.9 Å². The average Bonchev–Trinajstić information content (AvgIpc) is 3.31. The summed E-state index contributed by atoms with van der Waals surface area (Å²) in [5.41, 5.74) is 3.57. The van der Waals surface area contributed by atoms with Gasteiger partial charge in [0.25, 0.3) is 5.91 Å². The van der Waals surface area contributed by atoms with Crippen molar-refractivity contribution in [2.45, 2.75) is 24.5 Å².